The van der Waals surface area contributed by atoms with E-state index in [1.165, 1.54) is 42.7 Å². The highest BCUT2D eigenvalue weighted by Crippen LogP contribution is 2.23. The first-order valence-electron chi connectivity index (χ1n) is 5.52. The maximum Gasteiger partial charge on any atom is 0.337 e. The number of hydrogen-bond acceptors (Lipinski definition) is 5. The zero-order valence-electron chi connectivity index (χ0n) is 10.5. The van der Waals surface area contributed by atoms with E-state index in [4.69, 9.17) is 9.84 Å². The summed E-state index contributed by atoms with van der Waals surface area (Å²) in [5, 5.41) is 8.84. The van der Waals surface area contributed by atoms with Gasteiger partial charge in [0.15, 0.2) is 9.84 Å². The van der Waals surface area contributed by atoms with Gasteiger partial charge in [-0.25, -0.2) is 13.2 Å². The number of carbonyl (C=O) groups is 1. The molecule has 1 heterocycles. The number of sulfone groups is 1. The van der Waals surface area contributed by atoms with Crippen LogP contribution in [0.4, 0.5) is 0 Å². The molecule has 2 aromatic rings. The minimum Gasteiger partial charge on any atom is -0.478 e. The summed E-state index contributed by atoms with van der Waals surface area (Å²) in [6.07, 6.45) is 3.70. The second-order valence-electron chi connectivity index (χ2n) is 4.06. The lowest BCUT2D eigenvalue weighted by molar-refractivity contribution is 0.0696. The van der Waals surface area contributed by atoms with Crippen LogP contribution in [0, 0.1) is 0 Å². The van der Waals surface area contributed by atoms with E-state index in [0.29, 0.717) is 5.75 Å². The molecule has 0 aliphatic heterocycles. The van der Waals surface area contributed by atoms with E-state index in [2.05, 4.69) is 4.98 Å². The Hall–Kier alpha value is -2.41. The molecule has 1 N–H and O–H groups in total. The molecule has 2 rings (SSSR count). The SMILES string of the molecule is CS(=O)(=O)c1ccc(Oc2cncc(C(=O)O)c2)cc1. The Kier molecular flexibility index (Phi) is 3.71. The number of aromatic nitrogens is 1. The van der Waals surface area contributed by atoms with Gasteiger partial charge in [0, 0.05) is 12.5 Å². The number of carboxylic acid groups (broad SMARTS) is 1. The van der Waals surface area contributed by atoms with Crippen molar-refractivity contribution >= 4 is 15.8 Å². The number of hydrogen-bond donors (Lipinski definition) is 1. The monoisotopic (exact) mass is 293 g/mol. The van der Waals surface area contributed by atoms with Crippen LogP contribution in [0.15, 0.2) is 47.6 Å². The third kappa shape index (κ3) is 3.33. The zero-order chi connectivity index (χ0) is 14.8. The van der Waals surface area contributed by atoms with Crippen LogP contribution in [0.1, 0.15) is 10.4 Å². The van der Waals surface area contributed by atoms with Gasteiger partial charge >= 0.3 is 5.97 Å². The number of carboxylic acids is 1. The molecule has 0 spiro atoms. The van der Waals surface area contributed by atoms with E-state index in [1.54, 1.807) is 0 Å². The normalized spacial score (nSPS) is 11.1. The van der Waals surface area contributed by atoms with E-state index < -0.39 is 15.8 Å². The van der Waals surface area contributed by atoms with Crippen molar-refractivity contribution in [3.05, 3.63) is 48.3 Å². The second-order valence-corrected chi connectivity index (χ2v) is 6.08. The van der Waals surface area contributed by atoms with Crippen LogP contribution in [-0.4, -0.2) is 30.7 Å². The van der Waals surface area contributed by atoms with Crippen molar-refractivity contribution in [1.29, 1.82) is 0 Å². The predicted octanol–water partition coefficient (Wildman–Crippen LogP) is 1.98. The van der Waals surface area contributed by atoms with Crippen molar-refractivity contribution in [3.8, 4) is 11.5 Å². The van der Waals surface area contributed by atoms with Crippen molar-refractivity contribution < 1.29 is 23.1 Å². The molecule has 1 aromatic heterocycles. The van der Waals surface area contributed by atoms with E-state index in [-0.39, 0.29) is 16.2 Å². The van der Waals surface area contributed by atoms with Gasteiger partial charge in [0.05, 0.1) is 16.7 Å². The topological polar surface area (TPSA) is 93.6 Å². The quantitative estimate of drug-likeness (QED) is 0.926. The van der Waals surface area contributed by atoms with Crippen LogP contribution in [-0.2, 0) is 9.84 Å². The molecule has 0 bridgehead atoms. The fourth-order valence-corrected chi connectivity index (χ4v) is 2.11. The summed E-state index contributed by atoms with van der Waals surface area (Å²) in [4.78, 5) is 14.7. The molecule has 1 aromatic carbocycles. The minimum absolute atomic E-state index is 0.00950. The summed E-state index contributed by atoms with van der Waals surface area (Å²) in [5.41, 5.74) is 0.00950. The molecule has 0 aliphatic rings. The first-order valence-corrected chi connectivity index (χ1v) is 7.42. The van der Waals surface area contributed by atoms with Gasteiger partial charge < -0.3 is 9.84 Å². The highest BCUT2D eigenvalue weighted by Gasteiger charge is 2.08. The maximum absolute atomic E-state index is 11.3. The molecule has 0 aliphatic carbocycles. The molecule has 20 heavy (non-hydrogen) atoms. The Morgan fingerprint density at radius 2 is 1.80 bits per heavy atom. The Labute approximate surface area is 115 Å². The lowest BCUT2D eigenvalue weighted by Gasteiger charge is -2.06. The second kappa shape index (κ2) is 5.30. The van der Waals surface area contributed by atoms with Crippen molar-refractivity contribution in [2.24, 2.45) is 0 Å². The fourth-order valence-electron chi connectivity index (χ4n) is 1.48. The third-order valence-corrected chi connectivity index (χ3v) is 3.58. The van der Waals surface area contributed by atoms with Gasteiger partial charge in [0.1, 0.15) is 11.5 Å². The summed E-state index contributed by atoms with van der Waals surface area (Å²) in [6, 6.07) is 7.14. The first-order chi connectivity index (χ1) is 9.36. The Morgan fingerprint density at radius 3 is 2.35 bits per heavy atom. The van der Waals surface area contributed by atoms with Crippen LogP contribution >= 0.6 is 0 Å². The van der Waals surface area contributed by atoms with Crippen LogP contribution in [0.3, 0.4) is 0 Å². The maximum atomic E-state index is 11.3. The Morgan fingerprint density at radius 1 is 1.15 bits per heavy atom. The summed E-state index contributed by atoms with van der Waals surface area (Å²) < 4.78 is 28.0. The molecule has 0 radical (unpaired) electrons. The van der Waals surface area contributed by atoms with Gasteiger partial charge in [-0.2, -0.15) is 0 Å². The smallest absolute Gasteiger partial charge is 0.337 e. The van der Waals surface area contributed by atoms with Crippen LogP contribution in [0.2, 0.25) is 0 Å². The van der Waals surface area contributed by atoms with Gasteiger partial charge in [0.25, 0.3) is 0 Å². The highest BCUT2D eigenvalue weighted by atomic mass is 32.2. The van der Waals surface area contributed by atoms with Crippen LogP contribution in [0.25, 0.3) is 0 Å². The van der Waals surface area contributed by atoms with Crippen molar-refractivity contribution in [2.75, 3.05) is 6.26 Å². The fraction of sp³-hybridized carbons (Fsp3) is 0.0769. The average Bonchev–Trinajstić information content (AvgIpc) is 2.38. The first kappa shape index (κ1) is 14.0. The lowest BCUT2D eigenvalue weighted by Crippen LogP contribution is -1.98. The molecular weight excluding hydrogens is 282 g/mol. The molecule has 6 nitrogen and oxygen atoms in total. The largest absolute Gasteiger partial charge is 0.478 e. The molecule has 0 amide bonds. The van der Waals surface area contributed by atoms with E-state index in [1.807, 2.05) is 0 Å². The molecule has 0 unspecified atom stereocenters. The van der Waals surface area contributed by atoms with Gasteiger partial charge in [-0.3, -0.25) is 4.98 Å². The molecule has 7 heteroatoms. The molecule has 0 atom stereocenters. The number of rotatable bonds is 4. The van der Waals surface area contributed by atoms with Crippen molar-refractivity contribution in [1.82, 2.24) is 4.98 Å². The van der Waals surface area contributed by atoms with E-state index in [0.717, 1.165) is 6.26 Å². The predicted molar refractivity (Wildman–Crippen MR) is 70.8 cm³/mol. The minimum atomic E-state index is -3.26. The molecule has 104 valence electrons. The zero-order valence-corrected chi connectivity index (χ0v) is 11.3. The van der Waals surface area contributed by atoms with Crippen LogP contribution < -0.4 is 4.74 Å². The third-order valence-electron chi connectivity index (χ3n) is 2.45. The summed E-state index contributed by atoms with van der Waals surface area (Å²) in [5.74, 6) is -0.450. The van der Waals surface area contributed by atoms with Crippen molar-refractivity contribution in [3.63, 3.8) is 0 Å². The van der Waals surface area contributed by atoms with Gasteiger partial charge in [-0.15, -0.1) is 0 Å². The molecular formula is C13H11NO5S. The number of aromatic carboxylic acids is 1. The van der Waals surface area contributed by atoms with Gasteiger partial charge in [0.2, 0.25) is 0 Å². The standard InChI is InChI=1S/C13H11NO5S/c1-20(17,18)12-4-2-10(3-5-12)19-11-6-9(13(15)16)7-14-8-11/h2-8H,1H3,(H,15,16). The summed E-state index contributed by atoms with van der Waals surface area (Å²) in [7, 11) is -3.26. The lowest BCUT2D eigenvalue weighted by atomic mass is 10.3. The van der Waals surface area contributed by atoms with E-state index >= 15 is 0 Å². The average molecular weight is 293 g/mol. The molecule has 0 fully saturated rings. The number of ether oxygens (including phenoxy) is 1. The number of pyridine rings is 1. The Bertz CT molecular complexity index is 738. The molecule has 0 saturated heterocycles. The summed E-state index contributed by atoms with van der Waals surface area (Å²) in [6.45, 7) is 0. The van der Waals surface area contributed by atoms with Gasteiger partial charge in [-0.05, 0) is 30.3 Å². The van der Waals surface area contributed by atoms with Gasteiger partial charge in [-0.1, -0.05) is 0 Å². The Balaban J connectivity index is 2.22. The number of benzene rings is 1. The number of nitrogens with zero attached hydrogens (tertiary/aromatic N) is 1. The van der Waals surface area contributed by atoms with Crippen LogP contribution in [0.5, 0.6) is 11.5 Å². The molecule has 0 saturated carbocycles. The van der Waals surface area contributed by atoms with E-state index in [9.17, 15) is 13.2 Å². The highest BCUT2D eigenvalue weighted by molar-refractivity contribution is 7.90. The summed E-state index contributed by atoms with van der Waals surface area (Å²) >= 11 is 0. The van der Waals surface area contributed by atoms with Crippen molar-refractivity contribution in [2.45, 2.75) is 4.90 Å².